The lowest BCUT2D eigenvalue weighted by molar-refractivity contribution is -0.134. The van der Waals surface area contributed by atoms with Crippen molar-refractivity contribution in [3.8, 4) is 23.3 Å². The molecule has 7 heteroatoms. The number of hydrogen-bond acceptors (Lipinski definition) is 6. The smallest absolute Gasteiger partial charge is 0.311 e. The number of benzene rings is 2. The summed E-state index contributed by atoms with van der Waals surface area (Å²) in [5.74, 6) is 0.448. The van der Waals surface area contributed by atoms with Crippen LogP contribution in [0, 0.1) is 25.2 Å². The standard InChI is InChI=1S/C26H28N2O5/c1-5-12-28-26(30)21(17-27)15-20-9-11-23(24(16-20)31-4)33-25(29)7-6-13-32-22-10-8-18(2)14-19(22)3/h5,8-11,14-16H,1,6-7,12-13H2,2-4H3,(H,28,30)/b21-15+. The molecule has 0 unspecified atom stereocenters. The number of amides is 1. The normalized spacial score (nSPS) is 10.7. The predicted octanol–water partition coefficient (Wildman–Crippen LogP) is 4.29. The average Bonchev–Trinajstić information content (AvgIpc) is 2.80. The lowest BCUT2D eigenvalue weighted by Gasteiger charge is -2.11. The van der Waals surface area contributed by atoms with Crippen molar-refractivity contribution < 1.29 is 23.8 Å². The Morgan fingerprint density at radius 3 is 2.55 bits per heavy atom. The van der Waals surface area contributed by atoms with E-state index in [2.05, 4.69) is 11.9 Å². The first kappa shape index (κ1) is 25.2. The highest BCUT2D eigenvalue weighted by Gasteiger charge is 2.13. The fourth-order valence-electron chi connectivity index (χ4n) is 2.97. The first-order valence-corrected chi connectivity index (χ1v) is 10.5. The molecule has 1 amide bonds. The van der Waals surface area contributed by atoms with Gasteiger partial charge in [0.2, 0.25) is 0 Å². The summed E-state index contributed by atoms with van der Waals surface area (Å²) in [4.78, 5) is 24.2. The van der Waals surface area contributed by atoms with Gasteiger partial charge in [0.1, 0.15) is 17.4 Å². The molecule has 7 nitrogen and oxygen atoms in total. The van der Waals surface area contributed by atoms with Crippen LogP contribution in [0.25, 0.3) is 6.08 Å². The largest absolute Gasteiger partial charge is 0.493 e. The molecule has 0 fully saturated rings. The van der Waals surface area contributed by atoms with Gasteiger partial charge in [-0.2, -0.15) is 5.26 Å². The van der Waals surface area contributed by atoms with E-state index in [-0.39, 0.29) is 24.3 Å². The van der Waals surface area contributed by atoms with Gasteiger partial charge in [-0.05, 0) is 55.7 Å². The van der Waals surface area contributed by atoms with Crippen molar-refractivity contribution in [2.45, 2.75) is 26.7 Å². The van der Waals surface area contributed by atoms with Crippen LogP contribution in [0.15, 0.2) is 54.6 Å². The van der Waals surface area contributed by atoms with E-state index in [0.29, 0.717) is 24.3 Å². The number of carbonyl (C=O) groups excluding carboxylic acids is 2. The summed E-state index contributed by atoms with van der Waals surface area (Å²) in [5.41, 5.74) is 2.71. The van der Waals surface area contributed by atoms with E-state index >= 15 is 0 Å². The first-order chi connectivity index (χ1) is 15.9. The number of carbonyl (C=O) groups is 2. The Hall–Kier alpha value is -4.05. The van der Waals surface area contributed by atoms with E-state index in [1.165, 1.54) is 24.8 Å². The van der Waals surface area contributed by atoms with E-state index < -0.39 is 11.9 Å². The third kappa shape index (κ3) is 7.86. The molecule has 172 valence electrons. The van der Waals surface area contributed by atoms with Crippen LogP contribution in [-0.4, -0.2) is 32.1 Å². The van der Waals surface area contributed by atoms with Crippen molar-refractivity contribution in [1.82, 2.24) is 5.32 Å². The third-order valence-electron chi connectivity index (χ3n) is 4.61. The molecule has 1 N–H and O–H groups in total. The Morgan fingerprint density at radius 1 is 1.12 bits per heavy atom. The fraction of sp³-hybridized carbons (Fsp3) is 0.269. The first-order valence-electron chi connectivity index (χ1n) is 10.5. The molecule has 0 saturated heterocycles. The van der Waals surface area contributed by atoms with Crippen molar-refractivity contribution in [2.24, 2.45) is 0 Å². The number of nitrogens with one attached hydrogen (secondary N) is 1. The Labute approximate surface area is 194 Å². The number of hydrogen-bond donors (Lipinski definition) is 1. The van der Waals surface area contributed by atoms with E-state index in [1.54, 1.807) is 18.2 Å². The number of esters is 1. The van der Waals surface area contributed by atoms with Crippen LogP contribution >= 0.6 is 0 Å². The third-order valence-corrected chi connectivity index (χ3v) is 4.61. The molecule has 0 aliphatic carbocycles. The van der Waals surface area contributed by atoms with Crippen molar-refractivity contribution in [3.63, 3.8) is 0 Å². The minimum Gasteiger partial charge on any atom is -0.493 e. The van der Waals surface area contributed by atoms with E-state index in [4.69, 9.17) is 14.2 Å². The minimum atomic E-state index is -0.505. The van der Waals surface area contributed by atoms with Gasteiger partial charge in [0.05, 0.1) is 13.7 Å². The molecule has 0 aliphatic heterocycles. The maximum atomic E-state index is 12.3. The second-order valence-corrected chi connectivity index (χ2v) is 7.27. The van der Waals surface area contributed by atoms with Crippen LogP contribution in [0.1, 0.15) is 29.5 Å². The number of rotatable bonds is 11. The van der Waals surface area contributed by atoms with E-state index in [1.807, 2.05) is 38.1 Å². The van der Waals surface area contributed by atoms with Crippen molar-refractivity contribution >= 4 is 18.0 Å². The van der Waals surface area contributed by atoms with Crippen molar-refractivity contribution in [1.29, 1.82) is 5.26 Å². The molecular formula is C26H28N2O5. The van der Waals surface area contributed by atoms with Gasteiger partial charge in [0.25, 0.3) is 5.91 Å². The van der Waals surface area contributed by atoms with Gasteiger partial charge >= 0.3 is 5.97 Å². The van der Waals surface area contributed by atoms with Crippen LogP contribution in [0.5, 0.6) is 17.2 Å². The Morgan fingerprint density at radius 2 is 1.88 bits per heavy atom. The van der Waals surface area contributed by atoms with E-state index in [0.717, 1.165) is 11.3 Å². The summed E-state index contributed by atoms with van der Waals surface area (Å²) in [6.07, 6.45) is 3.63. The molecule has 2 rings (SSSR count). The molecule has 0 radical (unpaired) electrons. The number of aryl methyl sites for hydroxylation is 2. The van der Waals surface area contributed by atoms with Crippen molar-refractivity contribution in [3.05, 3.63) is 71.3 Å². The second-order valence-electron chi connectivity index (χ2n) is 7.27. The quantitative estimate of drug-likeness (QED) is 0.138. The molecule has 33 heavy (non-hydrogen) atoms. The van der Waals surface area contributed by atoms with Crippen LogP contribution in [-0.2, 0) is 9.59 Å². The molecule has 0 heterocycles. The number of nitrogens with zero attached hydrogens (tertiary/aromatic N) is 1. The molecule has 0 atom stereocenters. The lowest BCUT2D eigenvalue weighted by atomic mass is 10.1. The van der Waals surface area contributed by atoms with Gasteiger partial charge in [-0.15, -0.1) is 6.58 Å². The van der Waals surface area contributed by atoms with Crippen LogP contribution in [0.3, 0.4) is 0 Å². The fourth-order valence-corrected chi connectivity index (χ4v) is 2.97. The summed E-state index contributed by atoms with van der Waals surface area (Å²) in [5, 5.41) is 11.8. The van der Waals surface area contributed by atoms with Gasteiger partial charge in [-0.1, -0.05) is 29.8 Å². The zero-order valence-corrected chi connectivity index (χ0v) is 19.1. The number of methoxy groups -OCH3 is 1. The van der Waals surface area contributed by atoms with Gasteiger partial charge in [-0.25, -0.2) is 0 Å². The molecule has 0 spiro atoms. The summed E-state index contributed by atoms with van der Waals surface area (Å²) in [6.45, 7) is 8.17. The molecule has 2 aromatic carbocycles. The molecule has 2 aromatic rings. The van der Waals surface area contributed by atoms with Gasteiger partial charge in [0, 0.05) is 13.0 Å². The molecule has 0 bridgehead atoms. The average molecular weight is 449 g/mol. The monoisotopic (exact) mass is 448 g/mol. The molecule has 0 saturated carbocycles. The zero-order valence-electron chi connectivity index (χ0n) is 19.1. The van der Waals surface area contributed by atoms with Gasteiger partial charge < -0.3 is 19.5 Å². The second kappa shape index (κ2) is 12.7. The lowest BCUT2D eigenvalue weighted by Crippen LogP contribution is -2.24. The Bertz CT molecular complexity index is 1080. The SMILES string of the molecule is C=CCNC(=O)/C(C#N)=C/c1ccc(OC(=O)CCCOc2ccc(C)cc2C)c(OC)c1. The summed E-state index contributed by atoms with van der Waals surface area (Å²) >= 11 is 0. The number of nitriles is 1. The maximum Gasteiger partial charge on any atom is 0.311 e. The molecule has 0 aliphatic rings. The summed E-state index contributed by atoms with van der Waals surface area (Å²) in [7, 11) is 1.44. The van der Waals surface area contributed by atoms with Crippen LogP contribution in [0.2, 0.25) is 0 Å². The highest BCUT2D eigenvalue weighted by molar-refractivity contribution is 6.01. The van der Waals surface area contributed by atoms with Crippen molar-refractivity contribution in [2.75, 3.05) is 20.3 Å². The summed E-state index contributed by atoms with van der Waals surface area (Å²) in [6, 6.07) is 12.6. The Balaban J connectivity index is 1.95. The molecule has 0 aromatic heterocycles. The van der Waals surface area contributed by atoms with Gasteiger partial charge in [-0.3, -0.25) is 9.59 Å². The topological polar surface area (TPSA) is 97.7 Å². The summed E-state index contributed by atoms with van der Waals surface area (Å²) < 4.78 is 16.5. The highest BCUT2D eigenvalue weighted by atomic mass is 16.6. The van der Waals surface area contributed by atoms with Gasteiger partial charge in [0.15, 0.2) is 11.5 Å². The number of ether oxygens (including phenoxy) is 3. The molecular weight excluding hydrogens is 420 g/mol. The van der Waals surface area contributed by atoms with Crippen LogP contribution in [0.4, 0.5) is 0 Å². The minimum absolute atomic E-state index is 0.0625. The zero-order chi connectivity index (χ0) is 24.2. The van der Waals surface area contributed by atoms with Crippen LogP contribution < -0.4 is 19.5 Å². The maximum absolute atomic E-state index is 12.3. The highest BCUT2D eigenvalue weighted by Crippen LogP contribution is 2.29. The van der Waals surface area contributed by atoms with E-state index in [9.17, 15) is 14.9 Å². The predicted molar refractivity (Wildman–Crippen MR) is 126 cm³/mol. The Kier molecular flexibility index (Phi) is 9.72.